The quantitative estimate of drug-likeness (QED) is 0.546. The van der Waals surface area contributed by atoms with E-state index in [2.05, 4.69) is 9.58 Å². The largest absolute Gasteiger partial charge is 0.465 e. The molecule has 0 unspecified atom stereocenters. The fourth-order valence-electron chi connectivity index (χ4n) is 1.24. The smallest absolute Gasteiger partial charge is 0.336 e. The van der Waals surface area contributed by atoms with Crippen LogP contribution in [0.5, 0.6) is 0 Å². The van der Waals surface area contributed by atoms with Crippen molar-refractivity contribution in [3.63, 3.8) is 0 Å². The molecule has 0 amide bonds. The third kappa shape index (κ3) is 2.26. The lowest BCUT2D eigenvalue weighted by Crippen LogP contribution is -2.09. The van der Waals surface area contributed by atoms with Gasteiger partial charge in [-0.3, -0.25) is 0 Å². The first-order valence-electron chi connectivity index (χ1n) is 4.37. The standard InChI is InChI=1S/C11H12N2O2/c1-12-9-7-8(11(14)15-4)5-6-10(9)13(2)3/h5-7H,2-4H3. The summed E-state index contributed by atoms with van der Waals surface area (Å²) in [4.78, 5) is 16.4. The Balaban J connectivity index is 3.21. The zero-order valence-corrected chi connectivity index (χ0v) is 8.94. The van der Waals surface area contributed by atoms with Gasteiger partial charge in [-0.25, -0.2) is 9.64 Å². The number of nitrogens with zero attached hydrogens (tertiary/aromatic N) is 2. The molecule has 1 aromatic carbocycles. The topological polar surface area (TPSA) is 33.9 Å². The van der Waals surface area contributed by atoms with Crippen molar-refractivity contribution in [2.75, 3.05) is 26.1 Å². The van der Waals surface area contributed by atoms with E-state index in [1.54, 1.807) is 12.1 Å². The van der Waals surface area contributed by atoms with Gasteiger partial charge in [0.15, 0.2) is 0 Å². The molecule has 0 aliphatic carbocycles. The summed E-state index contributed by atoms with van der Waals surface area (Å²) in [5.74, 6) is -0.426. The minimum atomic E-state index is -0.426. The van der Waals surface area contributed by atoms with Gasteiger partial charge in [-0.05, 0) is 18.2 Å². The number of hydrogen-bond donors (Lipinski definition) is 0. The molecule has 0 saturated heterocycles. The van der Waals surface area contributed by atoms with Crippen LogP contribution in [-0.4, -0.2) is 27.2 Å². The van der Waals surface area contributed by atoms with Crippen molar-refractivity contribution in [2.45, 2.75) is 0 Å². The van der Waals surface area contributed by atoms with Gasteiger partial charge in [0.1, 0.15) is 0 Å². The van der Waals surface area contributed by atoms with Crippen molar-refractivity contribution in [3.8, 4) is 0 Å². The molecule has 0 heterocycles. The predicted octanol–water partition coefficient (Wildman–Crippen LogP) is 2.09. The van der Waals surface area contributed by atoms with Crippen LogP contribution in [0.4, 0.5) is 11.4 Å². The van der Waals surface area contributed by atoms with E-state index < -0.39 is 5.97 Å². The lowest BCUT2D eigenvalue weighted by molar-refractivity contribution is 0.0601. The van der Waals surface area contributed by atoms with Crippen molar-refractivity contribution in [1.29, 1.82) is 0 Å². The Morgan fingerprint density at radius 1 is 1.47 bits per heavy atom. The summed E-state index contributed by atoms with van der Waals surface area (Å²) in [5, 5.41) is 0. The number of carbonyl (C=O) groups excluding carboxylic acids is 1. The maximum absolute atomic E-state index is 11.2. The number of hydrogen-bond acceptors (Lipinski definition) is 3. The third-order valence-corrected chi connectivity index (χ3v) is 2.00. The minimum Gasteiger partial charge on any atom is -0.465 e. The second-order valence-corrected chi connectivity index (χ2v) is 3.20. The van der Waals surface area contributed by atoms with Crippen LogP contribution in [-0.2, 0) is 4.74 Å². The lowest BCUT2D eigenvalue weighted by atomic mass is 10.1. The Bertz CT molecular complexity index is 419. The number of esters is 1. The molecule has 4 heteroatoms. The molecule has 0 aliphatic rings. The van der Waals surface area contributed by atoms with E-state index in [0.717, 1.165) is 5.69 Å². The maximum Gasteiger partial charge on any atom is 0.336 e. The van der Waals surface area contributed by atoms with Crippen LogP contribution >= 0.6 is 0 Å². The molecule has 0 aliphatic heterocycles. The van der Waals surface area contributed by atoms with E-state index >= 15 is 0 Å². The molecule has 1 aromatic rings. The molecule has 0 radical (unpaired) electrons. The second kappa shape index (κ2) is 4.47. The van der Waals surface area contributed by atoms with Crippen LogP contribution in [0.1, 0.15) is 10.4 Å². The van der Waals surface area contributed by atoms with Gasteiger partial charge in [0, 0.05) is 25.3 Å². The Morgan fingerprint density at radius 2 is 2.13 bits per heavy atom. The van der Waals surface area contributed by atoms with Gasteiger partial charge in [-0.2, -0.15) is 0 Å². The van der Waals surface area contributed by atoms with E-state index in [1.165, 1.54) is 13.2 Å². The van der Waals surface area contributed by atoms with Crippen molar-refractivity contribution in [1.82, 2.24) is 0 Å². The summed E-state index contributed by atoms with van der Waals surface area (Å²) < 4.78 is 4.58. The molecule has 78 valence electrons. The second-order valence-electron chi connectivity index (χ2n) is 3.20. The highest BCUT2D eigenvalue weighted by Crippen LogP contribution is 2.28. The molecule has 15 heavy (non-hydrogen) atoms. The third-order valence-electron chi connectivity index (χ3n) is 2.00. The van der Waals surface area contributed by atoms with Crippen LogP contribution < -0.4 is 4.90 Å². The number of ether oxygens (including phenoxy) is 1. The van der Waals surface area contributed by atoms with Gasteiger partial charge in [0.2, 0.25) is 5.69 Å². The van der Waals surface area contributed by atoms with Crippen molar-refractivity contribution >= 4 is 17.3 Å². The SMILES string of the molecule is [C-]#[N+]c1cc(C(=O)OC)ccc1N(C)C. The lowest BCUT2D eigenvalue weighted by Gasteiger charge is -2.14. The summed E-state index contributed by atoms with van der Waals surface area (Å²) in [6, 6.07) is 4.92. The molecule has 0 aromatic heterocycles. The van der Waals surface area contributed by atoms with Gasteiger partial charge in [-0.1, -0.05) is 0 Å². The molecule has 4 nitrogen and oxygen atoms in total. The Morgan fingerprint density at radius 3 is 2.60 bits per heavy atom. The maximum atomic E-state index is 11.2. The fraction of sp³-hybridized carbons (Fsp3) is 0.273. The summed E-state index contributed by atoms with van der Waals surface area (Å²) in [7, 11) is 5.02. The fourth-order valence-corrected chi connectivity index (χ4v) is 1.24. The summed E-state index contributed by atoms with van der Waals surface area (Å²) in [6.07, 6.45) is 0. The molecule has 0 saturated carbocycles. The summed E-state index contributed by atoms with van der Waals surface area (Å²) in [6.45, 7) is 7.02. The van der Waals surface area contributed by atoms with Crippen molar-refractivity contribution in [3.05, 3.63) is 35.2 Å². The minimum absolute atomic E-state index is 0.397. The van der Waals surface area contributed by atoms with E-state index in [0.29, 0.717) is 11.3 Å². The zero-order valence-electron chi connectivity index (χ0n) is 8.94. The van der Waals surface area contributed by atoms with Crippen LogP contribution in [0.15, 0.2) is 18.2 Å². The highest BCUT2D eigenvalue weighted by Gasteiger charge is 2.10. The van der Waals surface area contributed by atoms with Crippen molar-refractivity contribution < 1.29 is 9.53 Å². The van der Waals surface area contributed by atoms with E-state index in [9.17, 15) is 4.79 Å². The van der Waals surface area contributed by atoms with Crippen LogP contribution in [0.3, 0.4) is 0 Å². The van der Waals surface area contributed by atoms with Gasteiger partial charge in [0.25, 0.3) is 0 Å². The highest BCUT2D eigenvalue weighted by atomic mass is 16.5. The average molecular weight is 204 g/mol. The Kier molecular flexibility index (Phi) is 3.29. The van der Waals surface area contributed by atoms with Crippen LogP contribution in [0.25, 0.3) is 4.85 Å². The van der Waals surface area contributed by atoms with Crippen molar-refractivity contribution in [2.24, 2.45) is 0 Å². The van der Waals surface area contributed by atoms with Crippen LogP contribution in [0, 0.1) is 6.57 Å². The van der Waals surface area contributed by atoms with E-state index in [-0.39, 0.29) is 0 Å². The van der Waals surface area contributed by atoms with Gasteiger partial charge < -0.3 is 9.64 Å². The number of carbonyl (C=O) groups is 1. The van der Waals surface area contributed by atoms with Gasteiger partial charge >= 0.3 is 5.97 Å². The van der Waals surface area contributed by atoms with Crippen LogP contribution in [0.2, 0.25) is 0 Å². The first kappa shape index (κ1) is 11.1. The van der Waals surface area contributed by atoms with E-state index in [1.807, 2.05) is 19.0 Å². The molecule has 1 rings (SSSR count). The Labute approximate surface area is 88.9 Å². The highest BCUT2D eigenvalue weighted by molar-refractivity contribution is 5.92. The monoisotopic (exact) mass is 204 g/mol. The average Bonchev–Trinajstić information content (AvgIpc) is 2.26. The van der Waals surface area contributed by atoms with Gasteiger partial charge in [-0.15, -0.1) is 0 Å². The number of anilines is 1. The molecule has 0 spiro atoms. The Hall–Kier alpha value is -2.02. The summed E-state index contributed by atoms with van der Waals surface area (Å²) in [5.41, 5.74) is 1.63. The molecule has 0 N–H and O–H groups in total. The molecule has 0 atom stereocenters. The molecular formula is C11H12N2O2. The molecule has 0 bridgehead atoms. The first-order valence-corrected chi connectivity index (χ1v) is 4.37. The predicted molar refractivity (Wildman–Crippen MR) is 58.4 cm³/mol. The normalized spacial score (nSPS) is 9.20. The van der Waals surface area contributed by atoms with Gasteiger partial charge in [0.05, 0.1) is 13.7 Å². The molecule has 0 fully saturated rings. The van der Waals surface area contributed by atoms with E-state index in [4.69, 9.17) is 6.57 Å². The number of benzene rings is 1. The molecular weight excluding hydrogens is 192 g/mol. The number of methoxy groups -OCH3 is 1. The summed E-state index contributed by atoms with van der Waals surface area (Å²) >= 11 is 0. The first-order chi connectivity index (χ1) is 7.10. The zero-order chi connectivity index (χ0) is 11.4. The number of rotatable bonds is 2.